The van der Waals surface area contributed by atoms with Crippen LogP contribution < -0.4 is 0 Å². The summed E-state index contributed by atoms with van der Waals surface area (Å²) in [4.78, 5) is 11.1. The van der Waals surface area contributed by atoms with Crippen molar-refractivity contribution >= 4 is 12.0 Å². The Labute approximate surface area is 182 Å². The van der Waals surface area contributed by atoms with Crippen molar-refractivity contribution in [3.63, 3.8) is 0 Å². The van der Waals surface area contributed by atoms with E-state index in [1.807, 2.05) is 12.1 Å². The quantitative estimate of drug-likeness (QED) is 0.541. The molecule has 0 unspecified atom stereocenters. The second-order valence-corrected chi connectivity index (χ2v) is 10.2. The molecule has 0 saturated heterocycles. The van der Waals surface area contributed by atoms with Gasteiger partial charge in [-0.3, -0.25) is 0 Å². The minimum Gasteiger partial charge on any atom is -0.478 e. The lowest BCUT2D eigenvalue weighted by molar-refractivity contribution is 0.0697. The van der Waals surface area contributed by atoms with Gasteiger partial charge in [0.25, 0.3) is 0 Å². The Balaban J connectivity index is 2.02. The van der Waals surface area contributed by atoms with Crippen molar-refractivity contribution < 1.29 is 9.90 Å². The fourth-order valence-corrected chi connectivity index (χ4v) is 4.88. The molecule has 0 fully saturated rings. The van der Waals surface area contributed by atoms with Crippen molar-refractivity contribution in [1.82, 2.24) is 0 Å². The van der Waals surface area contributed by atoms with Gasteiger partial charge in [-0.2, -0.15) is 0 Å². The number of hydrogen-bond acceptors (Lipinski definition) is 1. The molecule has 2 aromatic rings. The summed E-state index contributed by atoms with van der Waals surface area (Å²) >= 11 is 0. The lowest BCUT2D eigenvalue weighted by Gasteiger charge is -2.43. The summed E-state index contributed by atoms with van der Waals surface area (Å²) in [5, 5.41) is 9.12. The third kappa shape index (κ3) is 4.10. The topological polar surface area (TPSA) is 37.3 Å². The van der Waals surface area contributed by atoms with Gasteiger partial charge in [-0.25, -0.2) is 4.79 Å². The van der Waals surface area contributed by atoms with Gasteiger partial charge < -0.3 is 5.11 Å². The summed E-state index contributed by atoms with van der Waals surface area (Å²) in [6, 6.07) is 14.3. The molecule has 160 valence electrons. The molecule has 0 aromatic heterocycles. The Morgan fingerprint density at radius 1 is 0.933 bits per heavy atom. The Kier molecular flexibility index (Phi) is 6.00. The Morgan fingerprint density at radius 3 is 2.03 bits per heavy atom. The van der Waals surface area contributed by atoms with Crippen LogP contribution in [-0.2, 0) is 16.2 Å². The first-order valence-corrected chi connectivity index (χ1v) is 11.2. The molecule has 3 rings (SSSR count). The molecule has 0 spiro atoms. The van der Waals surface area contributed by atoms with Crippen LogP contribution in [0.3, 0.4) is 0 Å². The smallest absolute Gasteiger partial charge is 0.335 e. The molecule has 0 aliphatic heterocycles. The number of carboxylic acids is 1. The van der Waals surface area contributed by atoms with E-state index in [0.717, 1.165) is 18.4 Å². The van der Waals surface area contributed by atoms with Gasteiger partial charge in [-0.05, 0) is 70.9 Å². The molecule has 2 heteroatoms. The molecular formula is C28H36O2. The van der Waals surface area contributed by atoms with E-state index in [1.165, 1.54) is 29.5 Å². The maximum Gasteiger partial charge on any atom is 0.335 e. The number of rotatable bonds is 6. The number of allylic oxidation sites excluding steroid dienone is 1. The van der Waals surface area contributed by atoms with Crippen LogP contribution in [0.4, 0.5) is 0 Å². The summed E-state index contributed by atoms with van der Waals surface area (Å²) in [7, 11) is 0. The van der Waals surface area contributed by atoms with E-state index in [2.05, 4.69) is 71.9 Å². The number of fused-ring (bicyclic) bond motifs is 1. The Hall–Kier alpha value is -2.35. The van der Waals surface area contributed by atoms with Crippen molar-refractivity contribution in [2.45, 2.75) is 83.5 Å². The lowest BCUT2D eigenvalue weighted by Crippen LogP contribution is -2.34. The molecule has 2 nitrogen and oxygen atoms in total. The zero-order valence-electron chi connectivity index (χ0n) is 19.4. The molecule has 1 N–H and O–H groups in total. The summed E-state index contributed by atoms with van der Waals surface area (Å²) < 4.78 is 0. The van der Waals surface area contributed by atoms with E-state index >= 15 is 0 Å². The van der Waals surface area contributed by atoms with Gasteiger partial charge in [-0.1, -0.05) is 84.0 Å². The van der Waals surface area contributed by atoms with E-state index in [9.17, 15) is 4.79 Å². The second-order valence-electron chi connectivity index (χ2n) is 10.2. The summed E-state index contributed by atoms with van der Waals surface area (Å²) in [6.07, 6.45) is 8.96. The molecule has 0 atom stereocenters. The van der Waals surface area contributed by atoms with E-state index < -0.39 is 5.97 Å². The van der Waals surface area contributed by atoms with Crippen LogP contribution in [0.2, 0.25) is 0 Å². The fraction of sp³-hybridized carbons (Fsp3) is 0.464. The van der Waals surface area contributed by atoms with Gasteiger partial charge >= 0.3 is 5.97 Å². The standard InChI is InChI=1S/C28H36O2/c1-7-28(8-2,16-15-20-9-11-21(12-10-20)25(29)30)22-13-14-23-24(19-22)27(5,6)18-17-26(23,3)4/h9-16,19H,7-8,17-18H2,1-6H3,(H,29,30). The Morgan fingerprint density at radius 2 is 1.50 bits per heavy atom. The maximum atomic E-state index is 11.1. The van der Waals surface area contributed by atoms with Crippen LogP contribution in [-0.4, -0.2) is 11.1 Å². The summed E-state index contributed by atoms with van der Waals surface area (Å²) in [6.45, 7) is 14.0. The zero-order valence-corrected chi connectivity index (χ0v) is 19.4. The SMILES string of the molecule is CCC(C=Cc1ccc(C(=O)O)cc1)(CC)c1ccc2c(c1)C(C)(C)CCC2(C)C. The fourth-order valence-electron chi connectivity index (χ4n) is 4.88. The molecule has 0 amide bonds. The van der Waals surface area contributed by atoms with Crippen LogP contribution in [0.1, 0.15) is 99.8 Å². The van der Waals surface area contributed by atoms with Gasteiger partial charge in [0.05, 0.1) is 5.56 Å². The van der Waals surface area contributed by atoms with Crippen LogP contribution in [0.25, 0.3) is 6.08 Å². The van der Waals surface area contributed by atoms with E-state index in [4.69, 9.17) is 5.11 Å². The van der Waals surface area contributed by atoms with Crippen molar-refractivity contribution in [3.05, 3.63) is 76.4 Å². The molecule has 1 aliphatic rings. The van der Waals surface area contributed by atoms with Crippen LogP contribution >= 0.6 is 0 Å². The largest absolute Gasteiger partial charge is 0.478 e. The van der Waals surface area contributed by atoms with Crippen LogP contribution in [0, 0.1) is 0 Å². The van der Waals surface area contributed by atoms with E-state index in [1.54, 1.807) is 12.1 Å². The summed E-state index contributed by atoms with van der Waals surface area (Å²) in [5.74, 6) is -0.887. The molecule has 1 aliphatic carbocycles. The van der Waals surface area contributed by atoms with Crippen molar-refractivity contribution in [2.24, 2.45) is 0 Å². The summed E-state index contributed by atoms with van der Waals surface area (Å²) in [5.41, 5.74) is 6.14. The van der Waals surface area contributed by atoms with Crippen LogP contribution in [0.5, 0.6) is 0 Å². The predicted octanol–water partition coefficient (Wildman–Crippen LogP) is 7.51. The average Bonchev–Trinajstić information content (AvgIpc) is 2.73. The molecule has 0 heterocycles. The number of carbonyl (C=O) groups is 1. The zero-order chi connectivity index (χ0) is 22.2. The number of benzene rings is 2. The number of hydrogen-bond donors (Lipinski definition) is 1. The molecule has 0 saturated carbocycles. The van der Waals surface area contributed by atoms with E-state index in [0.29, 0.717) is 5.56 Å². The number of carboxylic acid groups (broad SMARTS) is 1. The van der Waals surface area contributed by atoms with Gasteiger partial charge in [-0.15, -0.1) is 0 Å². The third-order valence-electron chi connectivity index (χ3n) is 7.44. The van der Waals surface area contributed by atoms with Crippen LogP contribution in [0.15, 0.2) is 48.5 Å². The monoisotopic (exact) mass is 404 g/mol. The minimum absolute atomic E-state index is 0.0296. The van der Waals surface area contributed by atoms with E-state index in [-0.39, 0.29) is 16.2 Å². The highest BCUT2D eigenvalue weighted by atomic mass is 16.4. The molecular weight excluding hydrogens is 368 g/mol. The highest BCUT2D eigenvalue weighted by Gasteiger charge is 2.38. The van der Waals surface area contributed by atoms with Crippen molar-refractivity contribution in [1.29, 1.82) is 0 Å². The van der Waals surface area contributed by atoms with Gasteiger partial charge in [0, 0.05) is 5.41 Å². The van der Waals surface area contributed by atoms with Crippen molar-refractivity contribution in [2.75, 3.05) is 0 Å². The Bertz CT molecular complexity index is 941. The highest BCUT2D eigenvalue weighted by Crippen LogP contribution is 2.47. The first kappa shape index (κ1) is 22.3. The van der Waals surface area contributed by atoms with Gasteiger partial charge in [0.2, 0.25) is 0 Å². The molecule has 30 heavy (non-hydrogen) atoms. The normalized spacial score (nSPS) is 17.7. The lowest BCUT2D eigenvalue weighted by atomic mass is 9.62. The van der Waals surface area contributed by atoms with Gasteiger partial charge in [0.1, 0.15) is 0 Å². The first-order chi connectivity index (χ1) is 14.0. The average molecular weight is 405 g/mol. The highest BCUT2D eigenvalue weighted by molar-refractivity contribution is 5.87. The third-order valence-corrected chi connectivity index (χ3v) is 7.44. The second kappa shape index (κ2) is 8.06. The predicted molar refractivity (Wildman–Crippen MR) is 126 cm³/mol. The molecule has 0 bridgehead atoms. The maximum absolute atomic E-state index is 11.1. The minimum atomic E-state index is -0.887. The van der Waals surface area contributed by atoms with Gasteiger partial charge in [0.15, 0.2) is 0 Å². The molecule has 0 radical (unpaired) electrons. The molecule has 2 aromatic carbocycles. The first-order valence-electron chi connectivity index (χ1n) is 11.2. The number of aromatic carboxylic acids is 1. The van der Waals surface area contributed by atoms with Crippen molar-refractivity contribution in [3.8, 4) is 0 Å².